The molecule has 0 saturated carbocycles. The standard InChI is InChI=1S/C20H28N4O/c1-15-6-8-16(9-7-15)24-14-17(18(22-24)20(2,3)4)19(25)23-12-5-10-21-11-13-23/h6-9,14,21H,5,10-13H2,1-4H3. The molecule has 0 aliphatic carbocycles. The molecule has 3 rings (SSSR count). The molecular weight excluding hydrogens is 312 g/mol. The lowest BCUT2D eigenvalue weighted by Gasteiger charge is -2.22. The molecule has 2 heterocycles. The molecular formula is C20H28N4O. The quantitative estimate of drug-likeness (QED) is 0.914. The lowest BCUT2D eigenvalue weighted by atomic mass is 9.89. The smallest absolute Gasteiger partial charge is 0.257 e. The highest BCUT2D eigenvalue weighted by Crippen LogP contribution is 2.27. The molecule has 1 aliphatic rings. The number of aromatic nitrogens is 2. The van der Waals surface area contributed by atoms with E-state index in [2.05, 4.69) is 45.1 Å². The van der Waals surface area contributed by atoms with Gasteiger partial charge in [0.1, 0.15) is 0 Å². The number of hydrogen-bond donors (Lipinski definition) is 1. The van der Waals surface area contributed by atoms with Crippen molar-refractivity contribution in [3.63, 3.8) is 0 Å². The number of carbonyl (C=O) groups is 1. The average Bonchev–Trinajstić information content (AvgIpc) is 2.84. The van der Waals surface area contributed by atoms with Crippen LogP contribution in [0.15, 0.2) is 30.5 Å². The van der Waals surface area contributed by atoms with E-state index in [-0.39, 0.29) is 11.3 Å². The van der Waals surface area contributed by atoms with E-state index in [1.165, 1.54) is 5.56 Å². The monoisotopic (exact) mass is 340 g/mol. The second kappa shape index (κ2) is 7.00. The van der Waals surface area contributed by atoms with Crippen LogP contribution in [0.25, 0.3) is 5.69 Å². The van der Waals surface area contributed by atoms with Crippen molar-refractivity contribution in [2.45, 2.75) is 39.5 Å². The van der Waals surface area contributed by atoms with Crippen LogP contribution in [0.3, 0.4) is 0 Å². The Kier molecular flexibility index (Phi) is 4.95. The molecule has 1 saturated heterocycles. The van der Waals surface area contributed by atoms with Crippen LogP contribution in [-0.4, -0.2) is 46.8 Å². The van der Waals surface area contributed by atoms with E-state index in [1.54, 1.807) is 0 Å². The molecule has 0 unspecified atom stereocenters. The van der Waals surface area contributed by atoms with E-state index in [0.29, 0.717) is 0 Å². The minimum absolute atomic E-state index is 0.0898. The van der Waals surface area contributed by atoms with Crippen molar-refractivity contribution in [1.82, 2.24) is 20.0 Å². The van der Waals surface area contributed by atoms with E-state index in [4.69, 9.17) is 5.10 Å². The van der Waals surface area contributed by atoms with Crippen molar-refractivity contribution in [3.05, 3.63) is 47.3 Å². The van der Waals surface area contributed by atoms with Gasteiger partial charge in [0.25, 0.3) is 5.91 Å². The van der Waals surface area contributed by atoms with Gasteiger partial charge in [-0.2, -0.15) is 5.10 Å². The van der Waals surface area contributed by atoms with Gasteiger partial charge in [-0.1, -0.05) is 38.5 Å². The fourth-order valence-electron chi connectivity index (χ4n) is 3.13. The number of benzene rings is 1. The van der Waals surface area contributed by atoms with E-state index in [1.807, 2.05) is 27.9 Å². The first-order valence-electron chi connectivity index (χ1n) is 9.03. The summed E-state index contributed by atoms with van der Waals surface area (Å²) in [5.74, 6) is 0.0898. The second-order valence-corrected chi connectivity index (χ2v) is 7.82. The van der Waals surface area contributed by atoms with E-state index < -0.39 is 0 Å². The first kappa shape index (κ1) is 17.7. The summed E-state index contributed by atoms with van der Waals surface area (Å²) >= 11 is 0. The number of carbonyl (C=O) groups excluding carboxylic acids is 1. The first-order chi connectivity index (χ1) is 11.9. The Morgan fingerprint density at radius 2 is 1.84 bits per heavy atom. The number of aryl methyl sites for hydroxylation is 1. The van der Waals surface area contributed by atoms with Crippen LogP contribution in [0.2, 0.25) is 0 Å². The zero-order chi connectivity index (χ0) is 18.0. The summed E-state index contributed by atoms with van der Waals surface area (Å²) in [7, 11) is 0. The Morgan fingerprint density at radius 3 is 2.52 bits per heavy atom. The topological polar surface area (TPSA) is 50.2 Å². The summed E-state index contributed by atoms with van der Waals surface area (Å²) in [4.78, 5) is 15.1. The van der Waals surface area contributed by atoms with Gasteiger partial charge >= 0.3 is 0 Å². The Morgan fingerprint density at radius 1 is 1.12 bits per heavy atom. The van der Waals surface area contributed by atoms with Gasteiger partial charge in [0.15, 0.2) is 0 Å². The summed E-state index contributed by atoms with van der Waals surface area (Å²) < 4.78 is 1.84. The van der Waals surface area contributed by atoms with Gasteiger partial charge in [-0.25, -0.2) is 4.68 Å². The molecule has 0 spiro atoms. The predicted molar refractivity (Wildman–Crippen MR) is 100 cm³/mol. The number of amides is 1. The molecule has 1 aromatic carbocycles. The third-order valence-electron chi connectivity index (χ3n) is 4.58. The van der Waals surface area contributed by atoms with Gasteiger partial charge < -0.3 is 10.2 Å². The molecule has 1 N–H and O–H groups in total. The maximum absolute atomic E-state index is 13.2. The van der Waals surface area contributed by atoms with Gasteiger partial charge in [-0.15, -0.1) is 0 Å². The van der Waals surface area contributed by atoms with Crippen molar-refractivity contribution in [2.24, 2.45) is 0 Å². The summed E-state index contributed by atoms with van der Waals surface area (Å²) in [6.07, 6.45) is 2.88. The number of rotatable bonds is 2. The molecule has 1 aliphatic heterocycles. The summed E-state index contributed by atoms with van der Waals surface area (Å²) in [5, 5.41) is 8.12. The van der Waals surface area contributed by atoms with E-state index in [0.717, 1.165) is 49.5 Å². The van der Waals surface area contributed by atoms with E-state index >= 15 is 0 Å². The van der Waals surface area contributed by atoms with Crippen molar-refractivity contribution in [1.29, 1.82) is 0 Å². The van der Waals surface area contributed by atoms with Crippen molar-refractivity contribution in [3.8, 4) is 5.69 Å². The Balaban J connectivity index is 1.99. The van der Waals surface area contributed by atoms with Gasteiger partial charge in [0.2, 0.25) is 0 Å². The maximum Gasteiger partial charge on any atom is 0.257 e. The Labute approximate surface area is 150 Å². The average molecular weight is 340 g/mol. The van der Waals surface area contributed by atoms with Crippen LogP contribution in [0.5, 0.6) is 0 Å². The lowest BCUT2D eigenvalue weighted by molar-refractivity contribution is 0.0764. The number of hydrogen-bond acceptors (Lipinski definition) is 3. The highest BCUT2D eigenvalue weighted by atomic mass is 16.2. The molecule has 5 heteroatoms. The molecule has 1 aromatic heterocycles. The molecule has 1 fully saturated rings. The molecule has 0 radical (unpaired) electrons. The maximum atomic E-state index is 13.2. The van der Waals surface area contributed by atoms with Gasteiger partial charge in [-0.05, 0) is 32.0 Å². The van der Waals surface area contributed by atoms with Crippen LogP contribution >= 0.6 is 0 Å². The minimum Gasteiger partial charge on any atom is -0.337 e. The number of nitrogens with zero attached hydrogens (tertiary/aromatic N) is 3. The predicted octanol–water partition coefficient (Wildman–Crippen LogP) is 2.91. The van der Waals surface area contributed by atoms with E-state index in [9.17, 15) is 4.79 Å². The third kappa shape index (κ3) is 3.93. The number of nitrogens with one attached hydrogen (secondary N) is 1. The van der Waals surface area contributed by atoms with Gasteiger partial charge in [0, 0.05) is 31.2 Å². The summed E-state index contributed by atoms with van der Waals surface area (Å²) in [6.45, 7) is 11.8. The molecule has 2 aromatic rings. The van der Waals surface area contributed by atoms with Gasteiger partial charge in [0.05, 0.1) is 16.9 Å². The van der Waals surface area contributed by atoms with Crippen LogP contribution in [0, 0.1) is 6.92 Å². The minimum atomic E-state index is -0.189. The van der Waals surface area contributed by atoms with Crippen LogP contribution in [0.4, 0.5) is 0 Å². The Bertz CT molecular complexity index is 732. The Hall–Kier alpha value is -2.14. The van der Waals surface area contributed by atoms with Gasteiger partial charge in [-0.3, -0.25) is 4.79 Å². The third-order valence-corrected chi connectivity index (χ3v) is 4.58. The van der Waals surface area contributed by atoms with Crippen molar-refractivity contribution < 1.29 is 4.79 Å². The fraction of sp³-hybridized carbons (Fsp3) is 0.500. The normalized spacial score (nSPS) is 15.9. The zero-order valence-corrected chi connectivity index (χ0v) is 15.7. The first-order valence-corrected chi connectivity index (χ1v) is 9.03. The molecule has 5 nitrogen and oxygen atoms in total. The zero-order valence-electron chi connectivity index (χ0n) is 15.7. The lowest BCUT2D eigenvalue weighted by Crippen LogP contribution is -2.35. The highest BCUT2D eigenvalue weighted by molar-refractivity contribution is 5.95. The molecule has 0 bridgehead atoms. The second-order valence-electron chi connectivity index (χ2n) is 7.82. The van der Waals surface area contributed by atoms with Crippen molar-refractivity contribution >= 4 is 5.91 Å². The van der Waals surface area contributed by atoms with Crippen LogP contribution < -0.4 is 5.32 Å². The SMILES string of the molecule is Cc1ccc(-n2cc(C(=O)N3CCCNCC3)c(C(C)(C)C)n2)cc1. The van der Waals surface area contributed by atoms with Crippen LogP contribution in [-0.2, 0) is 5.41 Å². The highest BCUT2D eigenvalue weighted by Gasteiger charge is 2.29. The molecule has 25 heavy (non-hydrogen) atoms. The molecule has 1 amide bonds. The van der Waals surface area contributed by atoms with Crippen LogP contribution in [0.1, 0.15) is 48.8 Å². The summed E-state index contributed by atoms with van der Waals surface area (Å²) in [5.41, 5.74) is 3.57. The summed E-state index contributed by atoms with van der Waals surface area (Å²) in [6, 6.07) is 8.21. The largest absolute Gasteiger partial charge is 0.337 e. The van der Waals surface area contributed by atoms with Crippen molar-refractivity contribution in [2.75, 3.05) is 26.2 Å². The fourth-order valence-corrected chi connectivity index (χ4v) is 3.13. The molecule has 0 atom stereocenters. The molecule has 134 valence electrons.